The number of hydrogen-bond acceptors (Lipinski definition) is 9. The standard InChI is InChI=1S/C19H17N3O6S2/c23-22(24)13-3-1-12(2-4-13)8-29-19-20-15-9-30(25,26)10-16(15)21(19)14-5-6-17-18(7-14)28-11-27-17/h1-7,15-16H,8-11H2/t15-,16-/m1/s1. The fraction of sp³-hybridized carbons (Fsp3) is 0.316. The third-order valence-corrected chi connectivity index (χ3v) is 7.99. The number of hydrogen-bond donors (Lipinski definition) is 0. The molecule has 3 aliphatic rings. The number of ether oxygens (including phenoxy) is 2. The van der Waals surface area contributed by atoms with Crippen LogP contribution in [0, 0.1) is 10.1 Å². The van der Waals surface area contributed by atoms with E-state index in [0.29, 0.717) is 17.3 Å². The van der Waals surface area contributed by atoms with E-state index in [4.69, 9.17) is 14.5 Å². The minimum Gasteiger partial charge on any atom is -0.454 e. The molecule has 0 radical (unpaired) electrons. The molecule has 0 aromatic heterocycles. The van der Waals surface area contributed by atoms with Gasteiger partial charge in [0.2, 0.25) is 6.79 Å². The number of sulfone groups is 1. The van der Waals surface area contributed by atoms with E-state index in [-0.39, 0.29) is 36.1 Å². The number of rotatable bonds is 4. The molecule has 1 fully saturated rings. The highest BCUT2D eigenvalue weighted by Crippen LogP contribution is 2.41. The number of thioether (sulfide) groups is 1. The Bertz CT molecular complexity index is 1150. The van der Waals surface area contributed by atoms with Gasteiger partial charge in [-0.25, -0.2) is 8.42 Å². The lowest BCUT2D eigenvalue weighted by Crippen LogP contribution is -2.39. The van der Waals surface area contributed by atoms with Crippen LogP contribution >= 0.6 is 11.8 Å². The maximum atomic E-state index is 12.2. The lowest BCUT2D eigenvalue weighted by atomic mass is 10.1. The minimum atomic E-state index is -3.14. The molecular weight excluding hydrogens is 430 g/mol. The third-order valence-electron chi connectivity index (χ3n) is 5.26. The van der Waals surface area contributed by atoms with Crippen molar-refractivity contribution in [1.82, 2.24) is 0 Å². The highest BCUT2D eigenvalue weighted by atomic mass is 32.2. The maximum Gasteiger partial charge on any atom is 0.269 e. The molecule has 3 heterocycles. The largest absolute Gasteiger partial charge is 0.454 e. The Morgan fingerprint density at radius 2 is 1.90 bits per heavy atom. The molecule has 0 spiro atoms. The Morgan fingerprint density at radius 1 is 1.13 bits per heavy atom. The second-order valence-electron chi connectivity index (χ2n) is 7.24. The van der Waals surface area contributed by atoms with E-state index in [1.165, 1.54) is 23.9 Å². The lowest BCUT2D eigenvalue weighted by Gasteiger charge is -2.26. The molecule has 156 valence electrons. The van der Waals surface area contributed by atoms with Crippen molar-refractivity contribution >= 4 is 38.1 Å². The summed E-state index contributed by atoms with van der Waals surface area (Å²) in [6, 6.07) is 11.4. The predicted octanol–water partition coefficient (Wildman–Crippen LogP) is 2.60. The van der Waals surface area contributed by atoms with Gasteiger partial charge < -0.3 is 14.4 Å². The smallest absolute Gasteiger partial charge is 0.269 e. The average molecular weight is 447 g/mol. The molecule has 30 heavy (non-hydrogen) atoms. The van der Waals surface area contributed by atoms with Gasteiger partial charge in [0, 0.05) is 29.6 Å². The van der Waals surface area contributed by atoms with Gasteiger partial charge in [0.25, 0.3) is 5.69 Å². The van der Waals surface area contributed by atoms with Crippen LogP contribution in [0.3, 0.4) is 0 Å². The Balaban J connectivity index is 1.41. The van der Waals surface area contributed by atoms with Gasteiger partial charge in [0.1, 0.15) is 0 Å². The fourth-order valence-corrected chi connectivity index (χ4v) is 6.75. The van der Waals surface area contributed by atoms with Gasteiger partial charge >= 0.3 is 0 Å². The van der Waals surface area contributed by atoms with Crippen molar-refractivity contribution in [1.29, 1.82) is 0 Å². The van der Waals surface area contributed by atoms with Crippen LogP contribution in [0.15, 0.2) is 47.5 Å². The number of benzene rings is 2. The minimum absolute atomic E-state index is 0.0420. The van der Waals surface area contributed by atoms with Gasteiger partial charge in [0.05, 0.1) is 28.5 Å². The molecule has 2 aromatic carbocycles. The van der Waals surface area contributed by atoms with Crippen molar-refractivity contribution in [3.8, 4) is 11.5 Å². The number of aliphatic imine (C=N–C) groups is 1. The summed E-state index contributed by atoms with van der Waals surface area (Å²) in [5.74, 6) is 1.93. The first-order valence-electron chi connectivity index (χ1n) is 9.23. The molecule has 0 aliphatic carbocycles. The summed E-state index contributed by atoms with van der Waals surface area (Å²) < 4.78 is 35.2. The van der Waals surface area contributed by atoms with E-state index in [1.807, 2.05) is 23.1 Å². The van der Waals surface area contributed by atoms with Gasteiger partial charge in [-0.15, -0.1) is 0 Å². The van der Waals surface area contributed by atoms with Crippen LogP contribution in [0.4, 0.5) is 11.4 Å². The summed E-state index contributed by atoms with van der Waals surface area (Å²) in [7, 11) is -3.14. The normalized spacial score (nSPS) is 23.3. The quantitative estimate of drug-likeness (QED) is 0.519. The van der Waals surface area contributed by atoms with E-state index >= 15 is 0 Å². The maximum absolute atomic E-state index is 12.2. The number of non-ortho nitro benzene ring substituents is 1. The summed E-state index contributed by atoms with van der Waals surface area (Å²) in [5, 5.41) is 11.6. The summed E-state index contributed by atoms with van der Waals surface area (Å²) in [4.78, 5) is 17.1. The van der Waals surface area contributed by atoms with Crippen molar-refractivity contribution in [3.05, 3.63) is 58.1 Å². The molecule has 2 atom stereocenters. The number of nitro benzene ring substituents is 1. The van der Waals surface area contributed by atoms with Gasteiger partial charge in [-0.1, -0.05) is 23.9 Å². The lowest BCUT2D eigenvalue weighted by molar-refractivity contribution is -0.384. The summed E-state index contributed by atoms with van der Waals surface area (Å²) in [6.45, 7) is 0.162. The molecule has 9 nitrogen and oxygen atoms in total. The second-order valence-corrected chi connectivity index (χ2v) is 10.3. The number of nitro groups is 1. The van der Waals surface area contributed by atoms with Gasteiger partial charge in [0.15, 0.2) is 26.5 Å². The average Bonchev–Trinajstić information content (AvgIpc) is 3.37. The first kappa shape index (κ1) is 19.2. The van der Waals surface area contributed by atoms with E-state index in [9.17, 15) is 18.5 Å². The van der Waals surface area contributed by atoms with Crippen LogP contribution in [0.25, 0.3) is 0 Å². The summed E-state index contributed by atoms with van der Waals surface area (Å²) in [6.07, 6.45) is 0. The van der Waals surface area contributed by atoms with Gasteiger partial charge in [-0.3, -0.25) is 15.1 Å². The summed E-state index contributed by atoms with van der Waals surface area (Å²) >= 11 is 1.48. The highest BCUT2D eigenvalue weighted by Gasteiger charge is 2.47. The number of fused-ring (bicyclic) bond motifs is 2. The van der Waals surface area contributed by atoms with Crippen LogP contribution in [0.2, 0.25) is 0 Å². The molecule has 0 amide bonds. The Labute approximate surface area is 176 Å². The Morgan fingerprint density at radius 3 is 2.67 bits per heavy atom. The van der Waals surface area contributed by atoms with Crippen molar-refractivity contribution in [3.63, 3.8) is 0 Å². The van der Waals surface area contributed by atoms with Crippen molar-refractivity contribution < 1.29 is 22.8 Å². The molecule has 3 aliphatic heterocycles. The van der Waals surface area contributed by atoms with Crippen LogP contribution in [-0.2, 0) is 15.6 Å². The first-order valence-corrected chi connectivity index (χ1v) is 12.0. The molecule has 1 saturated heterocycles. The highest BCUT2D eigenvalue weighted by molar-refractivity contribution is 8.13. The van der Waals surface area contributed by atoms with Crippen LogP contribution in [-0.4, -0.2) is 48.9 Å². The molecule has 0 N–H and O–H groups in total. The Kier molecular flexibility index (Phi) is 4.58. The molecule has 2 aromatic rings. The number of amidine groups is 1. The molecule has 0 unspecified atom stereocenters. The van der Waals surface area contributed by atoms with Crippen molar-refractivity contribution in [2.75, 3.05) is 23.2 Å². The topological polar surface area (TPSA) is 111 Å². The second kappa shape index (κ2) is 7.17. The molecule has 11 heteroatoms. The zero-order chi connectivity index (χ0) is 20.9. The summed E-state index contributed by atoms with van der Waals surface area (Å²) in [5.41, 5.74) is 1.77. The van der Waals surface area contributed by atoms with Crippen LogP contribution in [0.1, 0.15) is 5.56 Å². The van der Waals surface area contributed by atoms with Crippen molar-refractivity contribution in [2.24, 2.45) is 4.99 Å². The first-order chi connectivity index (χ1) is 14.4. The number of anilines is 1. The zero-order valence-electron chi connectivity index (χ0n) is 15.6. The zero-order valence-corrected chi connectivity index (χ0v) is 17.3. The predicted molar refractivity (Wildman–Crippen MR) is 113 cm³/mol. The monoisotopic (exact) mass is 447 g/mol. The Hall–Kier alpha value is -2.79. The van der Waals surface area contributed by atoms with E-state index in [2.05, 4.69) is 0 Å². The molecule has 0 bridgehead atoms. The molecule has 0 saturated carbocycles. The van der Waals surface area contributed by atoms with E-state index in [0.717, 1.165) is 16.4 Å². The van der Waals surface area contributed by atoms with Crippen LogP contribution in [0.5, 0.6) is 11.5 Å². The van der Waals surface area contributed by atoms with Crippen LogP contribution < -0.4 is 14.4 Å². The number of nitrogens with zero attached hydrogens (tertiary/aromatic N) is 3. The molecular formula is C19H17N3O6S2. The SMILES string of the molecule is O=[N+]([O-])c1ccc(CSC2=N[C@@H]3CS(=O)(=O)C[C@H]3N2c2ccc3c(c2)OCO3)cc1. The van der Waals surface area contributed by atoms with Gasteiger partial charge in [-0.05, 0) is 17.7 Å². The van der Waals surface area contributed by atoms with E-state index < -0.39 is 14.8 Å². The van der Waals surface area contributed by atoms with E-state index in [1.54, 1.807) is 12.1 Å². The van der Waals surface area contributed by atoms with Crippen molar-refractivity contribution in [2.45, 2.75) is 17.8 Å². The molecule has 5 rings (SSSR count). The third kappa shape index (κ3) is 3.47. The fourth-order valence-electron chi connectivity index (χ4n) is 3.83. The van der Waals surface area contributed by atoms with Gasteiger partial charge in [-0.2, -0.15) is 0 Å².